The zero-order chi connectivity index (χ0) is 15.4. The summed E-state index contributed by atoms with van der Waals surface area (Å²) in [7, 11) is 0. The predicted octanol–water partition coefficient (Wildman–Crippen LogP) is -0.767. The molecule has 3 N–H and O–H groups in total. The molecule has 9 heteroatoms. The molecule has 1 saturated carbocycles. The molecule has 9 nitrogen and oxygen atoms in total. The van der Waals surface area contributed by atoms with Gasteiger partial charge in [0.1, 0.15) is 6.54 Å². The Morgan fingerprint density at radius 3 is 2.62 bits per heavy atom. The number of amides is 2. The van der Waals surface area contributed by atoms with E-state index in [4.69, 9.17) is 10.8 Å². The van der Waals surface area contributed by atoms with E-state index < -0.39 is 17.8 Å². The zero-order valence-corrected chi connectivity index (χ0v) is 11.4. The van der Waals surface area contributed by atoms with Crippen LogP contribution in [0.25, 0.3) is 0 Å². The molecule has 21 heavy (non-hydrogen) atoms. The quantitative estimate of drug-likeness (QED) is 0.708. The third-order valence-corrected chi connectivity index (χ3v) is 3.41. The number of aromatic nitrogens is 3. The molecule has 0 atom stereocenters. The van der Waals surface area contributed by atoms with E-state index in [0.717, 1.165) is 30.4 Å². The summed E-state index contributed by atoms with van der Waals surface area (Å²) in [6.45, 7) is -0.547. The largest absolute Gasteiger partial charge is 0.480 e. The van der Waals surface area contributed by atoms with E-state index in [2.05, 4.69) is 10.3 Å². The standard InChI is InChI=1S/C12H17N5O4/c13-10(18)6-17(8-3-1-2-4-8)12(21)9-5-16(15-14-9)7-11(19)20/h5,8H,1-4,6-7H2,(H2,13,18)(H,19,20). The highest BCUT2D eigenvalue weighted by Crippen LogP contribution is 2.24. The van der Waals surface area contributed by atoms with Crippen molar-refractivity contribution in [3.05, 3.63) is 11.9 Å². The summed E-state index contributed by atoms with van der Waals surface area (Å²) in [5, 5.41) is 15.9. The molecule has 0 unspecified atom stereocenters. The molecule has 1 aromatic heterocycles. The van der Waals surface area contributed by atoms with Crippen LogP contribution in [0, 0.1) is 0 Å². The highest BCUT2D eigenvalue weighted by molar-refractivity contribution is 5.94. The molecule has 1 aromatic rings. The Labute approximate surface area is 120 Å². The normalized spacial score (nSPS) is 15.0. The van der Waals surface area contributed by atoms with Crippen molar-refractivity contribution in [1.29, 1.82) is 0 Å². The first-order valence-corrected chi connectivity index (χ1v) is 6.68. The Balaban J connectivity index is 2.14. The van der Waals surface area contributed by atoms with Gasteiger partial charge in [-0.1, -0.05) is 18.1 Å². The average molecular weight is 295 g/mol. The predicted molar refractivity (Wildman–Crippen MR) is 70.1 cm³/mol. The van der Waals surface area contributed by atoms with Crippen LogP contribution in [0.4, 0.5) is 0 Å². The minimum Gasteiger partial charge on any atom is -0.480 e. The van der Waals surface area contributed by atoms with Crippen molar-refractivity contribution in [3.63, 3.8) is 0 Å². The van der Waals surface area contributed by atoms with E-state index in [1.165, 1.54) is 11.1 Å². The van der Waals surface area contributed by atoms with Crippen molar-refractivity contribution in [2.24, 2.45) is 5.73 Å². The van der Waals surface area contributed by atoms with Crippen molar-refractivity contribution in [3.8, 4) is 0 Å². The topological polar surface area (TPSA) is 131 Å². The first-order chi connectivity index (χ1) is 9.97. The number of nitrogens with two attached hydrogens (primary N) is 1. The minimum atomic E-state index is -1.08. The SMILES string of the molecule is NC(=O)CN(C(=O)c1cn(CC(=O)O)nn1)C1CCCC1. The molecule has 2 rings (SSSR count). The van der Waals surface area contributed by atoms with Gasteiger partial charge in [-0.05, 0) is 12.8 Å². The summed E-state index contributed by atoms with van der Waals surface area (Å²) in [6, 6.07) is -0.0328. The Morgan fingerprint density at radius 1 is 1.38 bits per heavy atom. The average Bonchev–Trinajstić information content (AvgIpc) is 3.05. The summed E-state index contributed by atoms with van der Waals surface area (Å²) in [6.07, 6.45) is 4.90. The van der Waals surface area contributed by atoms with Crippen molar-refractivity contribution < 1.29 is 19.5 Å². The first kappa shape index (κ1) is 14.9. The van der Waals surface area contributed by atoms with Crippen molar-refractivity contribution in [2.45, 2.75) is 38.3 Å². The maximum atomic E-state index is 12.4. The van der Waals surface area contributed by atoms with Crippen LogP contribution in [-0.2, 0) is 16.1 Å². The lowest BCUT2D eigenvalue weighted by molar-refractivity contribution is -0.137. The molecule has 2 amide bonds. The molecular weight excluding hydrogens is 278 g/mol. The van der Waals surface area contributed by atoms with Gasteiger partial charge in [0, 0.05) is 6.04 Å². The number of carbonyl (C=O) groups excluding carboxylic acids is 2. The van der Waals surface area contributed by atoms with Crippen LogP contribution >= 0.6 is 0 Å². The third-order valence-electron chi connectivity index (χ3n) is 3.41. The van der Waals surface area contributed by atoms with Gasteiger partial charge in [0.2, 0.25) is 5.91 Å². The number of carboxylic acids is 1. The van der Waals surface area contributed by atoms with Gasteiger partial charge in [-0.3, -0.25) is 14.4 Å². The molecule has 0 aromatic carbocycles. The van der Waals surface area contributed by atoms with Gasteiger partial charge < -0.3 is 15.7 Å². The van der Waals surface area contributed by atoms with Crippen LogP contribution in [0.5, 0.6) is 0 Å². The number of hydrogen-bond acceptors (Lipinski definition) is 5. The summed E-state index contributed by atoms with van der Waals surface area (Å²) >= 11 is 0. The summed E-state index contributed by atoms with van der Waals surface area (Å²) in [4.78, 5) is 35.6. The van der Waals surface area contributed by atoms with Crippen LogP contribution in [0.2, 0.25) is 0 Å². The van der Waals surface area contributed by atoms with Crippen LogP contribution in [0.1, 0.15) is 36.2 Å². The fraction of sp³-hybridized carbons (Fsp3) is 0.583. The summed E-state index contributed by atoms with van der Waals surface area (Å²) < 4.78 is 1.06. The van der Waals surface area contributed by atoms with E-state index in [9.17, 15) is 14.4 Å². The molecule has 0 saturated heterocycles. The lowest BCUT2D eigenvalue weighted by Crippen LogP contribution is -2.44. The number of rotatable bonds is 6. The lowest BCUT2D eigenvalue weighted by Gasteiger charge is -2.26. The number of hydrogen-bond donors (Lipinski definition) is 2. The fourth-order valence-electron chi connectivity index (χ4n) is 2.51. The van der Waals surface area contributed by atoms with Gasteiger partial charge in [-0.15, -0.1) is 5.10 Å². The maximum Gasteiger partial charge on any atom is 0.325 e. The molecule has 0 radical (unpaired) electrons. The molecule has 0 aliphatic heterocycles. The summed E-state index contributed by atoms with van der Waals surface area (Å²) in [5.41, 5.74) is 5.21. The molecule has 0 bridgehead atoms. The fourth-order valence-corrected chi connectivity index (χ4v) is 2.51. The second kappa shape index (κ2) is 6.33. The minimum absolute atomic E-state index is 0.0180. The summed E-state index contributed by atoms with van der Waals surface area (Å²) in [5.74, 6) is -2.12. The first-order valence-electron chi connectivity index (χ1n) is 6.68. The maximum absolute atomic E-state index is 12.4. The molecule has 1 aliphatic rings. The molecule has 1 heterocycles. The van der Waals surface area contributed by atoms with Gasteiger partial charge in [-0.2, -0.15) is 0 Å². The van der Waals surface area contributed by atoms with Gasteiger partial charge in [0.15, 0.2) is 5.69 Å². The number of primary amides is 1. The monoisotopic (exact) mass is 295 g/mol. The smallest absolute Gasteiger partial charge is 0.325 e. The number of nitrogens with zero attached hydrogens (tertiary/aromatic N) is 4. The number of carboxylic acid groups (broad SMARTS) is 1. The number of carbonyl (C=O) groups is 3. The number of aliphatic carboxylic acids is 1. The molecule has 114 valence electrons. The Hall–Kier alpha value is -2.45. The van der Waals surface area contributed by atoms with Crippen molar-refractivity contribution >= 4 is 17.8 Å². The van der Waals surface area contributed by atoms with Crippen LogP contribution in [0.3, 0.4) is 0 Å². The van der Waals surface area contributed by atoms with Crippen molar-refractivity contribution in [1.82, 2.24) is 19.9 Å². The molecular formula is C12H17N5O4. The Kier molecular flexibility index (Phi) is 4.51. The van der Waals surface area contributed by atoms with E-state index in [1.807, 2.05) is 0 Å². The Bertz CT molecular complexity index is 550. The highest BCUT2D eigenvalue weighted by Gasteiger charge is 2.30. The second-order valence-corrected chi connectivity index (χ2v) is 5.03. The Morgan fingerprint density at radius 2 is 2.05 bits per heavy atom. The van der Waals surface area contributed by atoms with Gasteiger partial charge in [0.25, 0.3) is 5.91 Å². The van der Waals surface area contributed by atoms with Gasteiger partial charge >= 0.3 is 5.97 Å². The van der Waals surface area contributed by atoms with E-state index in [-0.39, 0.29) is 24.8 Å². The van der Waals surface area contributed by atoms with Gasteiger partial charge in [-0.25, -0.2) is 4.68 Å². The van der Waals surface area contributed by atoms with E-state index in [1.54, 1.807) is 0 Å². The highest BCUT2D eigenvalue weighted by atomic mass is 16.4. The van der Waals surface area contributed by atoms with Crippen LogP contribution < -0.4 is 5.73 Å². The van der Waals surface area contributed by atoms with Crippen LogP contribution in [-0.4, -0.2) is 55.4 Å². The lowest BCUT2D eigenvalue weighted by atomic mass is 10.2. The van der Waals surface area contributed by atoms with E-state index in [0.29, 0.717) is 0 Å². The third kappa shape index (κ3) is 3.77. The molecule has 1 fully saturated rings. The van der Waals surface area contributed by atoms with Crippen molar-refractivity contribution in [2.75, 3.05) is 6.54 Å². The van der Waals surface area contributed by atoms with Gasteiger partial charge in [0.05, 0.1) is 12.7 Å². The zero-order valence-electron chi connectivity index (χ0n) is 11.4. The molecule has 1 aliphatic carbocycles. The molecule has 0 spiro atoms. The van der Waals surface area contributed by atoms with E-state index >= 15 is 0 Å². The second-order valence-electron chi connectivity index (χ2n) is 5.03. The van der Waals surface area contributed by atoms with Crippen LogP contribution in [0.15, 0.2) is 6.20 Å².